The summed E-state index contributed by atoms with van der Waals surface area (Å²) in [5.74, 6) is 0.270. The van der Waals surface area contributed by atoms with Crippen molar-refractivity contribution in [2.24, 2.45) is 0 Å². The van der Waals surface area contributed by atoms with Gasteiger partial charge in [-0.1, -0.05) is 60.2 Å². The molecule has 0 aromatic heterocycles. The van der Waals surface area contributed by atoms with Gasteiger partial charge in [-0.25, -0.2) is 0 Å². The largest absolute Gasteiger partial charge is 0.307 e. The molecular formula is C21H21NO. The van der Waals surface area contributed by atoms with Crippen molar-refractivity contribution in [3.05, 3.63) is 77.4 Å². The highest BCUT2D eigenvalue weighted by Gasteiger charge is 2.50. The van der Waals surface area contributed by atoms with Crippen molar-refractivity contribution in [2.45, 2.75) is 38.1 Å². The summed E-state index contributed by atoms with van der Waals surface area (Å²) < 4.78 is 0. The van der Waals surface area contributed by atoms with Crippen LogP contribution in [0.5, 0.6) is 0 Å². The predicted molar refractivity (Wildman–Crippen MR) is 93.4 cm³/mol. The van der Waals surface area contributed by atoms with Gasteiger partial charge in [-0.05, 0) is 43.4 Å². The molecule has 0 unspecified atom stereocenters. The topological polar surface area (TPSA) is 20.3 Å². The normalized spacial score (nSPS) is 23.1. The van der Waals surface area contributed by atoms with E-state index < -0.39 is 0 Å². The van der Waals surface area contributed by atoms with E-state index in [2.05, 4.69) is 43.3 Å². The fraction of sp³-hybridized carbons (Fsp3) is 0.286. The van der Waals surface area contributed by atoms with Crippen LogP contribution in [0.25, 0.3) is 0 Å². The molecule has 0 N–H and O–H groups in total. The average molecular weight is 303 g/mol. The lowest BCUT2D eigenvalue weighted by molar-refractivity contribution is -0.123. The monoisotopic (exact) mass is 303 g/mol. The van der Waals surface area contributed by atoms with E-state index in [4.69, 9.17) is 0 Å². The number of hydrogen-bond acceptors (Lipinski definition) is 1. The molecule has 0 saturated carbocycles. The van der Waals surface area contributed by atoms with E-state index in [-0.39, 0.29) is 11.3 Å². The first-order chi connectivity index (χ1) is 11.2. The second-order valence-electron chi connectivity index (χ2n) is 6.73. The lowest BCUT2D eigenvalue weighted by Crippen LogP contribution is -2.41. The lowest BCUT2D eigenvalue weighted by Gasteiger charge is -2.31. The molecule has 0 bridgehead atoms. The second kappa shape index (κ2) is 5.38. The van der Waals surface area contributed by atoms with Crippen LogP contribution in [-0.4, -0.2) is 5.91 Å². The molecule has 1 spiro atoms. The van der Waals surface area contributed by atoms with Crippen molar-refractivity contribution in [3.8, 4) is 0 Å². The molecule has 23 heavy (non-hydrogen) atoms. The van der Waals surface area contributed by atoms with Gasteiger partial charge in [0.05, 0.1) is 12.0 Å². The van der Waals surface area contributed by atoms with Crippen molar-refractivity contribution < 1.29 is 4.79 Å². The first-order valence-corrected chi connectivity index (χ1v) is 8.32. The Hall–Kier alpha value is -2.35. The Balaban J connectivity index is 1.76. The van der Waals surface area contributed by atoms with Gasteiger partial charge in [-0.2, -0.15) is 0 Å². The van der Waals surface area contributed by atoms with Crippen LogP contribution in [0.1, 0.15) is 37.3 Å². The van der Waals surface area contributed by atoms with Gasteiger partial charge in [0.2, 0.25) is 5.91 Å². The first kappa shape index (κ1) is 14.3. The van der Waals surface area contributed by atoms with Gasteiger partial charge in [0.25, 0.3) is 0 Å². The molecule has 2 aromatic carbocycles. The number of hydrogen-bond donors (Lipinski definition) is 0. The second-order valence-corrected chi connectivity index (χ2v) is 6.73. The maximum absolute atomic E-state index is 13.3. The zero-order valence-corrected chi connectivity index (χ0v) is 13.5. The van der Waals surface area contributed by atoms with Crippen LogP contribution in [0.15, 0.2) is 66.2 Å². The Morgan fingerprint density at radius 1 is 1.04 bits per heavy atom. The minimum absolute atomic E-state index is 0.270. The number of fused-ring (bicyclic) bond motifs is 2. The number of anilines is 1. The Morgan fingerprint density at radius 2 is 1.78 bits per heavy atom. The number of carbonyl (C=O) groups is 1. The highest BCUT2D eigenvalue weighted by Crippen LogP contribution is 2.49. The number of allylic oxidation sites excluding steroid dienone is 2. The van der Waals surface area contributed by atoms with Crippen LogP contribution in [0.2, 0.25) is 0 Å². The van der Waals surface area contributed by atoms with Gasteiger partial charge in [0.15, 0.2) is 0 Å². The smallest absolute Gasteiger partial charge is 0.238 e. The number of amides is 1. The van der Waals surface area contributed by atoms with Crippen LogP contribution in [-0.2, 0) is 16.8 Å². The molecule has 1 aliphatic carbocycles. The van der Waals surface area contributed by atoms with Gasteiger partial charge < -0.3 is 4.90 Å². The Kier molecular flexibility index (Phi) is 3.33. The van der Waals surface area contributed by atoms with Crippen LogP contribution < -0.4 is 4.90 Å². The van der Waals surface area contributed by atoms with Crippen molar-refractivity contribution in [2.75, 3.05) is 4.90 Å². The number of rotatable bonds is 2. The summed E-state index contributed by atoms with van der Waals surface area (Å²) >= 11 is 0. The molecular weight excluding hydrogens is 282 g/mol. The van der Waals surface area contributed by atoms with E-state index in [1.165, 1.54) is 16.7 Å². The molecule has 1 atom stereocenters. The van der Waals surface area contributed by atoms with Gasteiger partial charge in [0, 0.05) is 5.69 Å². The number of nitrogens with zero attached hydrogens (tertiary/aromatic N) is 1. The van der Waals surface area contributed by atoms with Crippen LogP contribution in [0.4, 0.5) is 5.69 Å². The Morgan fingerprint density at radius 3 is 2.52 bits per heavy atom. The maximum Gasteiger partial charge on any atom is 0.238 e. The zero-order valence-electron chi connectivity index (χ0n) is 13.5. The highest BCUT2D eigenvalue weighted by molar-refractivity contribution is 6.08. The van der Waals surface area contributed by atoms with E-state index in [0.717, 1.165) is 24.9 Å². The zero-order chi connectivity index (χ0) is 15.9. The predicted octanol–water partition coefficient (Wildman–Crippen LogP) is 4.60. The highest BCUT2D eigenvalue weighted by atomic mass is 16.2. The average Bonchev–Trinajstić information content (AvgIpc) is 2.82. The third-order valence-electron chi connectivity index (χ3n) is 5.29. The summed E-state index contributed by atoms with van der Waals surface area (Å²) in [6.07, 6.45) is 5.03. The van der Waals surface area contributed by atoms with Crippen molar-refractivity contribution >= 4 is 11.6 Å². The number of carbonyl (C=O) groups excluding carboxylic acids is 1. The number of benzene rings is 2. The fourth-order valence-electron chi connectivity index (χ4n) is 3.92. The molecule has 1 amide bonds. The third-order valence-corrected chi connectivity index (χ3v) is 5.29. The van der Waals surface area contributed by atoms with E-state index in [1.54, 1.807) is 0 Å². The molecule has 2 aliphatic rings. The summed E-state index contributed by atoms with van der Waals surface area (Å²) in [6.45, 7) is 2.82. The van der Waals surface area contributed by atoms with E-state index >= 15 is 0 Å². The van der Waals surface area contributed by atoms with Crippen molar-refractivity contribution in [1.82, 2.24) is 0 Å². The van der Waals surface area contributed by atoms with Gasteiger partial charge in [-0.3, -0.25) is 4.79 Å². The summed E-state index contributed by atoms with van der Waals surface area (Å²) in [5, 5.41) is 0. The minimum atomic E-state index is -0.342. The summed E-state index contributed by atoms with van der Waals surface area (Å²) in [7, 11) is 0. The molecule has 2 heteroatoms. The quantitative estimate of drug-likeness (QED) is 0.742. The molecule has 2 nitrogen and oxygen atoms in total. The van der Waals surface area contributed by atoms with Gasteiger partial charge in [-0.15, -0.1) is 0 Å². The standard InChI is InChI=1S/C21H21NO/c1-16-11-13-21(14-12-16)18-9-5-6-10-19(18)22(20(21)23)15-17-7-3-2-4-8-17/h2-11H,12-15H2,1H3/t21-/m1/s1. The first-order valence-electron chi connectivity index (χ1n) is 8.32. The van der Waals surface area contributed by atoms with E-state index in [0.29, 0.717) is 6.54 Å². The Labute approximate surface area is 137 Å². The summed E-state index contributed by atoms with van der Waals surface area (Å²) in [6, 6.07) is 18.6. The molecule has 0 radical (unpaired) electrons. The molecule has 2 aromatic rings. The van der Waals surface area contributed by atoms with Crippen LogP contribution in [0.3, 0.4) is 0 Å². The number of para-hydroxylation sites is 1. The SMILES string of the molecule is CC1=CC[C@]2(CC1)C(=O)N(Cc1ccccc1)c1ccccc12. The van der Waals surface area contributed by atoms with Gasteiger partial charge >= 0.3 is 0 Å². The molecule has 1 aliphatic heterocycles. The molecule has 0 saturated heterocycles. The van der Waals surface area contributed by atoms with E-state index in [1.807, 2.05) is 29.2 Å². The maximum atomic E-state index is 13.3. The van der Waals surface area contributed by atoms with Crippen molar-refractivity contribution in [3.63, 3.8) is 0 Å². The molecule has 116 valence electrons. The van der Waals surface area contributed by atoms with Crippen molar-refractivity contribution in [1.29, 1.82) is 0 Å². The van der Waals surface area contributed by atoms with E-state index in [9.17, 15) is 4.79 Å². The minimum Gasteiger partial charge on any atom is -0.307 e. The fourth-order valence-corrected chi connectivity index (χ4v) is 3.92. The Bertz CT molecular complexity index is 777. The lowest BCUT2D eigenvalue weighted by atomic mass is 9.71. The summed E-state index contributed by atoms with van der Waals surface area (Å²) in [5.41, 5.74) is 4.54. The summed E-state index contributed by atoms with van der Waals surface area (Å²) in [4.78, 5) is 15.3. The van der Waals surface area contributed by atoms with Crippen LogP contribution in [0, 0.1) is 0 Å². The third kappa shape index (κ3) is 2.21. The molecule has 1 heterocycles. The van der Waals surface area contributed by atoms with Crippen LogP contribution >= 0.6 is 0 Å². The molecule has 4 rings (SSSR count). The molecule has 0 fully saturated rings. The van der Waals surface area contributed by atoms with Gasteiger partial charge in [0.1, 0.15) is 0 Å².